The van der Waals surface area contributed by atoms with Gasteiger partial charge in [0.15, 0.2) is 0 Å². The van der Waals surface area contributed by atoms with Crippen molar-refractivity contribution in [1.29, 1.82) is 0 Å². The van der Waals surface area contributed by atoms with Crippen molar-refractivity contribution in [3.8, 4) is 0 Å². The molecule has 1 atom stereocenters. The lowest BCUT2D eigenvalue weighted by Crippen LogP contribution is -2.22. The summed E-state index contributed by atoms with van der Waals surface area (Å²) in [5.74, 6) is 0. The van der Waals surface area contributed by atoms with E-state index >= 15 is 0 Å². The van der Waals surface area contributed by atoms with Gasteiger partial charge in [-0.15, -0.1) is 4.94 Å². The Hall–Kier alpha value is -1.00. The molecule has 0 aliphatic rings. The fraction of sp³-hybridized carbons (Fsp3) is 0.250. The number of alkyl halides is 1. The van der Waals surface area contributed by atoms with Crippen LogP contribution in [0.15, 0.2) is 30.3 Å². The van der Waals surface area contributed by atoms with Gasteiger partial charge in [0.05, 0.1) is 0 Å². The summed E-state index contributed by atoms with van der Waals surface area (Å²) in [6.45, 7) is 0. The van der Waals surface area contributed by atoms with E-state index in [0.29, 0.717) is 0 Å². The van der Waals surface area contributed by atoms with Gasteiger partial charge in [-0.25, -0.2) is 0 Å². The first-order valence-electron chi connectivity index (χ1n) is 3.32. The molecular weight excluding hydrogens is 166 g/mol. The summed E-state index contributed by atoms with van der Waals surface area (Å²) >= 11 is 0. The zero-order valence-corrected chi connectivity index (χ0v) is 6.46. The van der Waals surface area contributed by atoms with Crippen LogP contribution in [0.2, 0.25) is 0 Å². The van der Waals surface area contributed by atoms with Gasteiger partial charge in [0.1, 0.15) is 0 Å². The molecule has 0 aliphatic carbocycles. The maximum absolute atomic E-state index is 13.2. The highest BCUT2D eigenvalue weighted by Gasteiger charge is 2.34. The summed E-state index contributed by atoms with van der Waals surface area (Å²) < 4.78 is 29.1. The summed E-state index contributed by atoms with van der Waals surface area (Å²) in [6.07, 6.45) is 0. The van der Waals surface area contributed by atoms with Gasteiger partial charge in [-0.1, -0.05) is 30.3 Å². The zero-order valence-electron chi connectivity index (χ0n) is 6.46. The first-order chi connectivity index (χ1) is 5.73. The molecule has 4 heteroatoms. The lowest BCUT2D eigenvalue weighted by molar-refractivity contribution is -0.409. The molecule has 1 unspecified atom stereocenters. The standard InChI is InChI=1S/C8H8F2O2/c1-11-8(9,12-10)7-5-3-2-4-6-7/h2-6H,1H3. The minimum atomic E-state index is -2.79. The van der Waals surface area contributed by atoms with Crippen LogP contribution >= 0.6 is 0 Å². The molecule has 0 saturated carbocycles. The van der Waals surface area contributed by atoms with Gasteiger partial charge in [-0.2, -0.15) is 4.39 Å². The summed E-state index contributed by atoms with van der Waals surface area (Å²) in [5, 5.41) is 0. The summed E-state index contributed by atoms with van der Waals surface area (Å²) in [5.41, 5.74) is -0.0185. The van der Waals surface area contributed by atoms with E-state index in [2.05, 4.69) is 9.68 Å². The molecule has 12 heavy (non-hydrogen) atoms. The molecule has 2 nitrogen and oxygen atoms in total. The Labute approximate surface area is 68.6 Å². The molecule has 1 rings (SSSR count). The maximum Gasteiger partial charge on any atom is 0.380 e. The fourth-order valence-corrected chi connectivity index (χ4v) is 0.831. The van der Waals surface area contributed by atoms with E-state index in [4.69, 9.17) is 0 Å². The van der Waals surface area contributed by atoms with E-state index in [9.17, 15) is 8.92 Å². The fourth-order valence-electron chi connectivity index (χ4n) is 0.831. The average Bonchev–Trinajstić information content (AvgIpc) is 2.18. The highest BCUT2D eigenvalue weighted by molar-refractivity contribution is 5.17. The van der Waals surface area contributed by atoms with Crippen LogP contribution in [0.5, 0.6) is 0 Å². The predicted octanol–water partition coefficient (Wildman–Crippen LogP) is 2.31. The molecule has 1 aromatic carbocycles. The third-order valence-corrected chi connectivity index (χ3v) is 1.48. The number of hydrogen-bond donors (Lipinski definition) is 0. The molecule has 0 N–H and O–H groups in total. The maximum atomic E-state index is 13.2. The van der Waals surface area contributed by atoms with Crippen LogP contribution in [0.25, 0.3) is 0 Å². The van der Waals surface area contributed by atoms with Gasteiger partial charge in [-0.3, -0.25) is 0 Å². The van der Waals surface area contributed by atoms with Gasteiger partial charge in [0, 0.05) is 12.7 Å². The lowest BCUT2D eigenvalue weighted by atomic mass is 10.2. The first-order valence-corrected chi connectivity index (χ1v) is 3.32. The molecule has 0 spiro atoms. The van der Waals surface area contributed by atoms with Crippen molar-refractivity contribution in [3.05, 3.63) is 35.9 Å². The van der Waals surface area contributed by atoms with Crippen LogP contribution in [-0.2, 0) is 15.7 Å². The Morgan fingerprint density at radius 1 is 1.25 bits per heavy atom. The van der Waals surface area contributed by atoms with Crippen molar-refractivity contribution in [2.75, 3.05) is 7.11 Å². The number of benzene rings is 1. The van der Waals surface area contributed by atoms with Crippen molar-refractivity contribution in [2.24, 2.45) is 0 Å². The number of methoxy groups -OCH3 is 1. The zero-order chi connectivity index (χ0) is 9.03. The second kappa shape index (κ2) is 3.60. The molecule has 1 aromatic rings. The summed E-state index contributed by atoms with van der Waals surface area (Å²) in [4.78, 5) is 3.08. The van der Waals surface area contributed by atoms with Gasteiger partial charge in [0.25, 0.3) is 0 Å². The minimum Gasteiger partial charge on any atom is -0.321 e. The molecule has 0 radical (unpaired) electrons. The topological polar surface area (TPSA) is 18.5 Å². The molecule has 0 aromatic heterocycles. The number of halogens is 2. The van der Waals surface area contributed by atoms with Crippen molar-refractivity contribution in [1.82, 2.24) is 0 Å². The van der Waals surface area contributed by atoms with E-state index in [1.54, 1.807) is 18.2 Å². The number of ether oxygens (including phenoxy) is 1. The van der Waals surface area contributed by atoms with Crippen LogP contribution in [0.4, 0.5) is 8.92 Å². The monoisotopic (exact) mass is 174 g/mol. The van der Waals surface area contributed by atoms with Crippen LogP contribution in [0.1, 0.15) is 5.56 Å². The molecule has 0 bridgehead atoms. The third-order valence-electron chi connectivity index (χ3n) is 1.48. The van der Waals surface area contributed by atoms with Crippen molar-refractivity contribution >= 4 is 0 Å². The number of rotatable bonds is 3. The van der Waals surface area contributed by atoms with Gasteiger partial charge in [-0.05, 0) is 4.53 Å². The highest BCUT2D eigenvalue weighted by Crippen LogP contribution is 2.28. The minimum absolute atomic E-state index is 0.0185. The van der Waals surface area contributed by atoms with Crippen molar-refractivity contribution in [2.45, 2.75) is 6.04 Å². The quantitative estimate of drug-likeness (QED) is 0.654. The molecule has 0 fully saturated rings. The predicted molar refractivity (Wildman–Crippen MR) is 38.4 cm³/mol. The van der Waals surface area contributed by atoms with Crippen LogP contribution in [0, 0.1) is 0 Å². The lowest BCUT2D eigenvalue weighted by Gasteiger charge is -2.17. The normalized spacial score (nSPS) is 15.6. The smallest absolute Gasteiger partial charge is 0.321 e. The van der Waals surface area contributed by atoms with Crippen LogP contribution in [0.3, 0.4) is 0 Å². The van der Waals surface area contributed by atoms with Gasteiger partial charge >= 0.3 is 6.04 Å². The SMILES string of the molecule is COC(F)(OF)c1ccccc1. The van der Waals surface area contributed by atoms with E-state index in [1.165, 1.54) is 12.1 Å². The van der Waals surface area contributed by atoms with E-state index < -0.39 is 6.04 Å². The Balaban J connectivity index is 2.95. The van der Waals surface area contributed by atoms with Crippen LogP contribution in [-0.4, -0.2) is 7.11 Å². The van der Waals surface area contributed by atoms with Crippen molar-refractivity contribution in [3.63, 3.8) is 0 Å². The molecule has 0 heterocycles. The Kier molecular flexibility index (Phi) is 2.73. The Bertz CT molecular complexity index is 234. The first kappa shape index (κ1) is 9.09. The van der Waals surface area contributed by atoms with Gasteiger partial charge in [0.2, 0.25) is 0 Å². The van der Waals surface area contributed by atoms with Crippen molar-refractivity contribution < 1.29 is 18.6 Å². The average molecular weight is 174 g/mol. The molecule has 66 valence electrons. The molecular formula is C8H8F2O2. The van der Waals surface area contributed by atoms with E-state index in [0.717, 1.165) is 7.11 Å². The van der Waals surface area contributed by atoms with Gasteiger partial charge < -0.3 is 4.74 Å². The second-order valence-corrected chi connectivity index (χ2v) is 2.18. The second-order valence-electron chi connectivity index (χ2n) is 2.18. The Morgan fingerprint density at radius 2 is 1.83 bits per heavy atom. The number of hydrogen-bond acceptors (Lipinski definition) is 2. The van der Waals surface area contributed by atoms with E-state index in [1.807, 2.05) is 0 Å². The molecule has 0 saturated heterocycles. The third kappa shape index (κ3) is 1.60. The van der Waals surface area contributed by atoms with Crippen LogP contribution < -0.4 is 0 Å². The molecule has 0 amide bonds. The highest BCUT2D eigenvalue weighted by atomic mass is 19.3. The summed E-state index contributed by atoms with van der Waals surface area (Å²) in [7, 11) is 1.02. The Morgan fingerprint density at radius 3 is 2.25 bits per heavy atom. The van der Waals surface area contributed by atoms with E-state index in [-0.39, 0.29) is 5.56 Å². The largest absolute Gasteiger partial charge is 0.380 e. The molecule has 0 aliphatic heterocycles. The summed E-state index contributed by atoms with van der Waals surface area (Å²) in [6, 6.07) is 4.73.